The predicted octanol–water partition coefficient (Wildman–Crippen LogP) is 7.01. The number of amides is 5. The number of hydrogen-bond acceptors (Lipinski definition) is 14. The van der Waals surface area contributed by atoms with Crippen LogP contribution in [-0.2, 0) is 25.7 Å². The van der Waals surface area contributed by atoms with Crippen molar-refractivity contribution >= 4 is 78.7 Å². The first-order valence-electron chi connectivity index (χ1n) is 22.1. The summed E-state index contributed by atoms with van der Waals surface area (Å²) < 4.78 is 16.3. The lowest BCUT2D eigenvalue weighted by Crippen LogP contribution is -2.46. The molecular weight excluding hydrogens is 1020 g/mol. The average molecular weight is 1090 g/mol. The van der Waals surface area contributed by atoms with Gasteiger partial charge in [0.05, 0.1) is 0 Å². The molecule has 20 heteroatoms. The molecule has 0 unspecified atom stereocenters. The van der Waals surface area contributed by atoms with Crippen molar-refractivity contribution in [2.45, 2.75) is 68.4 Å². The van der Waals surface area contributed by atoms with Crippen molar-refractivity contribution in [1.29, 1.82) is 0 Å². The molecule has 0 bridgehead atoms. The molecule has 18 nitrogen and oxygen atoms in total. The Bertz CT molecular complexity index is 2130. The van der Waals surface area contributed by atoms with Crippen LogP contribution in [0.1, 0.15) is 108 Å². The molecule has 5 amide bonds. The van der Waals surface area contributed by atoms with Crippen LogP contribution >= 0.6 is 31.9 Å². The van der Waals surface area contributed by atoms with E-state index in [9.17, 15) is 38.4 Å². The Labute approximate surface area is 423 Å². The summed E-state index contributed by atoms with van der Waals surface area (Å²) in [6, 6.07) is 17.5. The number of furan rings is 3. The van der Waals surface area contributed by atoms with E-state index in [2.05, 4.69) is 71.3 Å². The number of imide groups is 1. The Kier molecular flexibility index (Phi) is 31.9. The van der Waals surface area contributed by atoms with Gasteiger partial charge in [-0.1, -0.05) is 19.1 Å². The number of piperazine rings is 2. The summed E-state index contributed by atoms with van der Waals surface area (Å²) in [5, 5.41) is 5.02. The molecule has 2 aliphatic rings. The van der Waals surface area contributed by atoms with Crippen LogP contribution < -0.4 is 10.6 Å². The second-order valence-electron chi connectivity index (χ2n) is 15.9. The monoisotopic (exact) mass is 1090 g/mol. The first-order valence-corrected chi connectivity index (χ1v) is 23.6. The predicted molar refractivity (Wildman–Crippen MR) is 272 cm³/mol. The SMILES string of the molecule is CC(=O)N1CCN(C)CC1.CC(C)=O.CC(C)=O.CCC(=O)c1ccc(Br)o1.CNC(=O)c1ccc(CN2CCN(C)CC2)cc1.CNC(C)=O.Cc1ccc(C(=O)N(C)C(=O)c2ccc(Br)o2)o1. The molecule has 2 N–H and O–H groups in total. The van der Waals surface area contributed by atoms with Crippen molar-refractivity contribution < 1.29 is 51.6 Å². The van der Waals surface area contributed by atoms with Crippen LogP contribution in [0.5, 0.6) is 0 Å². The van der Waals surface area contributed by atoms with E-state index < -0.39 is 11.8 Å². The van der Waals surface area contributed by atoms with E-state index in [1.54, 1.807) is 59.1 Å². The van der Waals surface area contributed by atoms with Crippen LogP contribution in [0.15, 0.2) is 83.3 Å². The van der Waals surface area contributed by atoms with Crippen LogP contribution in [0, 0.1) is 6.92 Å². The van der Waals surface area contributed by atoms with Gasteiger partial charge in [0.2, 0.25) is 11.8 Å². The van der Waals surface area contributed by atoms with Crippen LogP contribution in [0.3, 0.4) is 0 Å². The summed E-state index contributed by atoms with van der Waals surface area (Å²) in [4.78, 5) is 95.5. The highest BCUT2D eigenvalue weighted by atomic mass is 79.9. The summed E-state index contributed by atoms with van der Waals surface area (Å²) in [6.45, 7) is 22.0. The summed E-state index contributed by atoms with van der Waals surface area (Å²) in [5.74, 6) is 0.745. The zero-order chi connectivity index (χ0) is 52.8. The van der Waals surface area contributed by atoms with E-state index in [0.29, 0.717) is 27.3 Å². The first kappa shape index (κ1) is 63.5. The first-order chi connectivity index (χ1) is 32.3. The van der Waals surface area contributed by atoms with Gasteiger partial charge in [-0.15, -0.1) is 0 Å². The maximum Gasteiger partial charge on any atom is 0.296 e. The molecular formula is C49H71Br2N7O11. The molecule has 0 spiro atoms. The van der Waals surface area contributed by atoms with Gasteiger partial charge in [-0.2, -0.15) is 0 Å². The third-order valence-electron chi connectivity index (χ3n) is 9.26. The van der Waals surface area contributed by atoms with Gasteiger partial charge in [0.1, 0.15) is 17.3 Å². The van der Waals surface area contributed by atoms with Crippen molar-refractivity contribution in [2.24, 2.45) is 0 Å². The molecule has 0 radical (unpaired) electrons. The van der Waals surface area contributed by atoms with Gasteiger partial charge in [0.15, 0.2) is 32.4 Å². The summed E-state index contributed by atoms with van der Waals surface area (Å²) >= 11 is 6.20. The molecule has 3 aromatic heterocycles. The fourth-order valence-corrected chi connectivity index (χ4v) is 5.94. The number of benzene rings is 1. The van der Waals surface area contributed by atoms with E-state index in [0.717, 1.165) is 69.4 Å². The van der Waals surface area contributed by atoms with Crippen LogP contribution in [0.2, 0.25) is 0 Å². The normalized spacial score (nSPS) is 13.1. The second kappa shape index (κ2) is 34.7. The number of Topliss-reactive ketones (excluding diaryl/α,β-unsaturated/α-hetero) is 3. The third kappa shape index (κ3) is 28.5. The molecule has 2 fully saturated rings. The molecule has 2 aliphatic heterocycles. The number of likely N-dealkylation sites (N-methyl/N-ethyl adjacent to an activating group) is 2. The largest absolute Gasteiger partial charge is 0.456 e. The molecule has 69 heavy (non-hydrogen) atoms. The standard InChI is InChI=1S/C14H21N3O.C12H10BrNO4.C7H7BrO2.C7H14N2O.C3H7NO.2C3H6O/c1-15-14(18)13-5-3-12(4-6-13)11-17-9-7-16(2)8-10-17;1-7-3-4-8(17-7)11(15)14(2)12(16)9-5-6-10(13)18-9;1-2-5(9)6-3-4-7(8)10-6;1-7(10)9-5-3-8(2)4-6-9;1-3(5)4-2;2*1-3(2)4/h3-6H,7-11H2,1-2H3,(H,15,18);3-6H,1-2H3;3-4H,2H2,1H3;3-6H2,1-2H3;1-2H3,(H,4,5);2*1-2H3. The number of carbonyl (C=O) groups is 8. The fraction of sp³-hybridized carbons (Fsp3) is 0.469. The summed E-state index contributed by atoms with van der Waals surface area (Å²) in [6.07, 6.45) is 0.486. The fourth-order valence-electron chi connectivity index (χ4n) is 5.33. The van der Waals surface area contributed by atoms with E-state index >= 15 is 0 Å². The number of aryl methyl sites for hydroxylation is 1. The third-order valence-corrected chi connectivity index (χ3v) is 10.1. The van der Waals surface area contributed by atoms with E-state index in [4.69, 9.17) is 13.3 Å². The molecule has 2 saturated heterocycles. The molecule has 0 atom stereocenters. The molecule has 5 heterocycles. The topological polar surface area (TPSA) is 216 Å². The van der Waals surface area contributed by atoms with Gasteiger partial charge in [-0.05, 0) is 135 Å². The van der Waals surface area contributed by atoms with Crippen LogP contribution in [0.25, 0.3) is 0 Å². The molecule has 1 aromatic carbocycles. The molecule has 0 saturated carbocycles. The van der Waals surface area contributed by atoms with Crippen molar-refractivity contribution in [3.05, 3.63) is 104 Å². The lowest BCUT2D eigenvalue weighted by Gasteiger charge is -2.32. The highest BCUT2D eigenvalue weighted by molar-refractivity contribution is 9.10. The highest BCUT2D eigenvalue weighted by Gasteiger charge is 2.25. The number of hydrogen-bond donors (Lipinski definition) is 2. The van der Waals surface area contributed by atoms with E-state index in [1.807, 2.05) is 29.2 Å². The molecule has 6 rings (SSSR count). The smallest absolute Gasteiger partial charge is 0.296 e. The second-order valence-corrected chi connectivity index (χ2v) is 17.4. The average Bonchev–Trinajstić information content (AvgIpc) is 4.08. The minimum Gasteiger partial charge on any atom is -0.456 e. The summed E-state index contributed by atoms with van der Waals surface area (Å²) in [7, 11) is 8.87. The number of ketones is 3. The maximum absolute atomic E-state index is 11.9. The Morgan fingerprint density at radius 2 is 1.00 bits per heavy atom. The van der Waals surface area contributed by atoms with Crippen molar-refractivity contribution in [3.8, 4) is 0 Å². The number of nitrogens with zero attached hydrogens (tertiary/aromatic N) is 5. The molecule has 0 aliphatic carbocycles. The number of nitrogens with one attached hydrogen (secondary N) is 2. The van der Waals surface area contributed by atoms with Gasteiger partial charge >= 0.3 is 0 Å². The number of carbonyl (C=O) groups excluding carboxylic acids is 8. The minimum atomic E-state index is -0.528. The Balaban J connectivity index is 0.000000842. The summed E-state index contributed by atoms with van der Waals surface area (Å²) in [5.41, 5.74) is 1.99. The van der Waals surface area contributed by atoms with Gasteiger partial charge in [-0.3, -0.25) is 38.6 Å². The molecule has 4 aromatic rings. The number of rotatable bonds is 7. The van der Waals surface area contributed by atoms with Crippen molar-refractivity contribution in [3.63, 3.8) is 0 Å². The zero-order valence-electron chi connectivity index (χ0n) is 42.3. The van der Waals surface area contributed by atoms with Gasteiger partial charge in [0, 0.05) is 106 Å². The lowest BCUT2D eigenvalue weighted by molar-refractivity contribution is -0.130. The molecule has 382 valence electrons. The van der Waals surface area contributed by atoms with Crippen LogP contribution in [0.4, 0.5) is 0 Å². The van der Waals surface area contributed by atoms with E-state index in [1.165, 1.54) is 59.4 Å². The van der Waals surface area contributed by atoms with E-state index in [-0.39, 0.29) is 46.6 Å². The number of halogens is 2. The maximum atomic E-state index is 11.9. The van der Waals surface area contributed by atoms with Gasteiger partial charge in [0.25, 0.3) is 17.7 Å². The minimum absolute atomic E-state index is 0.00463. The van der Waals surface area contributed by atoms with Gasteiger partial charge < -0.3 is 48.2 Å². The highest BCUT2D eigenvalue weighted by Crippen LogP contribution is 2.18. The quantitative estimate of drug-likeness (QED) is 0.141. The van der Waals surface area contributed by atoms with Gasteiger partial charge in [-0.25, -0.2) is 0 Å². The Hall–Kier alpha value is -5.54. The Morgan fingerprint density at radius 1 is 0.594 bits per heavy atom. The van der Waals surface area contributed by atoms with Crippen molar-refractivity contribution in [2.75, 3.05) is 87.6 Å². The van der Waals surface area contributed by atoms with Crippen molar-refractivity contribution in [1.82, 2.24) is 35.1 Å². The Morgan fingerprint density at radius 3 is 1.35 bits per heavy atom. The van der Waals surface area contributed by atoms with Crippen LogP contribution in [-0.4, -0.2) is 159 Å². The zero-order valence-corrected chi connectivity index (χ0v) is 45.5. The lowest BCUT2D eigenvalue weighted by atomic mass is 10.1.